The van der Waals surface area contributed by atoms with Gasteiger partial charge in [-0.05, 0) is 19.4 Å². The molecule has 8 heteroatoms. The number of guanidine groups is 1. The maximum atomic E-state index is 11.9. The van der Waals surface area contributed by atoms with Crippen molar-refractivity contribution in [1.82, 2.24) is 20.4 Å². The summed E-state index contributed by atoms with van der Waals surface area (Å²) in [6.07, 6.45) is 0. The first kappa shape index (κ1) is 24.6. The molecule has 158 valence electrons. The Morgan fingerprint density at radius 3 is 2.46 bits per heavy atom. The van der Waals surface area contributed by atoms with Gasteiger partial charge in [-0.1, -0.05) is 30.3 Å². The Hall–Kier alpha value is -1.39. The normalized spacial score (nSPS) is 15.3. The lowest BCUT2D eigenvalue weighted by atomic mass is 10.2. The molecule has 0 spiro atoms. The average Bonchev–Trinajstić information content (AvgIpc) is 2.66. The van der Waals surface area contributed by atoms with Crippen LogP contribution < -0.4 is 10.6 Å². The summed E-state index contributed by atoms with van der Waals surface area (Å²) in [6.45, 7) is 9.83. The van der Waals surface area contributed by atoms with Crippen molar-refractivity contribution in [2.75, 3.05) is 52.9 Å². The van der Waals surface area contributed by atoms with Gasteiger partial charge in [-0.3, -0.25) is 14.7 Å². The molecule has 0 saturated carbocycles. The van der Waals surface area contributed by atoms with Gasteiger partial charge in [0.1, 0.15) is 0 Å². The number of nitrogens with zero attached hydrogens (tertiary/aromatic N) is 3. The van der Waals surface area contributed by atoms with E-state index in [-0.39, 0.29) is 35.9 Å². The number of benzene rings is 1. The first-order chi connectivity index (χ1) is 13.1. The summed E-state index contributed by atoms with van der Waals surface area (Å²) in [5.74, 6) is 0.987. The van der Waals surface area contributed by atoms with Gasteiger partial charge in [0.2, 0.25) is 5.91 Å². The third-order valence-electron chi connectivity index (χ3n) is 4.34. The monoisotopic (exact) mass is 503 g/mol. The highest BCUT2D eigenvalue weighted by Gasteiger charge is 2.21. The number of hydrogen-bond acceptors (Lipinski definition) is 4. The van der Waals surface area contributed by atoms with Crippen LogP contribution in [0, 0.1) is 0 Å². The van der Waals surface area contributed by atoms with Gasteiger partial charge in [0.25, 0.3) is 0 Å². The highest BCUT2D eigenvalue weighted by atomic mass is 127. The number of halogens is 1. The Balaban J connectivity index is 0.00000392. The van der Waals surface area contributed by atoms with Gasteiger partial charge in [-0.2, -0.15) is 0 Å². The van der Waals surface area contributed by atoms with Crippen LogP contribution in [0.15, 0.2) is 35.3 Å². The molecule has 0 atom stereocenters. The first-order valence-electron chi connectivity index (χ1n) is 9.67. The molecule has 0 bridgehead atoms. The van der Waals surface area contributed by atoms with E-state index in [2.05, 4.69) is 37.6 Å². The smallest absolute Gasteiger partial charge is 0.234 e. The number of carbonyl (C=O) groups excluding carboxylic acids is 1. The van der Waals surface area contributed by atoms with Gasteiger partial charge in [-0.15, -0.1) is 24.0 Å². The molecule has 1 saturated heterocycles. The molecule has 1 fully saturated rings. The van der Waals surface area contributed by atoms with Crippen molar-refractivity contribution < 1.29 is 9.53 Å². The van der Waals surface area contributed by atoms with Gasteiger partial charge in [0.15, 0.2) is 5.96 Å². The predicted octanol–water partition coefficient (Wildman–Crippen LogP) is 1.54. The summed E-state index contributed by atoms with van der Waals surface area (Å²) in [6, 6.07) is 10.4. The fraction of sp³-hybridized carbons (Fsp3) is 0.600. The minimum atomic E-state index is 0. The molecule has 28 heavy (non-hydrogen) atoms. The van der Waals surface area contributed by atoms with Crippen LogP contribution in [0.5, 0.6) is 0 Å². The number of hydrogen-bond donors (Lipinski definition) is 2. The molecule has 1 aromatic carbocycles. The minimum absolute atomic E-state index is 0. The summed E-state index contributed by atoms with van der Waals surface area (Å²) in [5.41, 5.74) is 1.18. The van der Waals surface area contributed by atoms with Crippen LogP contribution in [0.3, 0.4) is 0 Å². The molecule has 1 aromatic rings. The fourth-order valence-electron chi connectivity index (χ4n) is 3.02. The molecule has 0 radical (unpaired) electrons. The summed E-state index contributed by atoms with van der Waals surface area (Å²) in [7, 11) is 1.80. The zero-order valence-electron chi connectivity index (χ0n) is 17.2. The number of nitrogens with one attached hydrogen (secondary N) is 2. The second kappa shape index (κ2) is 13.7. The van der Waals surface area contributed by atoms with Crippen LogP contribution in [-0.2, 0) is 16.1 Å². The Kier molecular flexibility index (Phi) is 12.1. The lowest BCUT2D eigenvalue weighted by Crippen LogP contribution is -2.54. The average molecular weight is 503 g/mol. The molecule has 0 unspecified atom stereocenters. The van der Waals surface area contributed by atoms with E-state index in [1.807, 2.05) is 32.0 Å². The Labute approximate surface area is 185 Å². The number of rotatable bonds is 8. The Morgan fingerprint density at radius 2 is 1.86 bits per heavy atom. The van der Waals surface area contributed by atoms with Gasteiger partial charge in [0, 0.05) is 45.8 Å². The van der Waals surface area contributed by atoms with Crippen LogP contribution in [0.1, 0.15) is 19.4 Å². The van der Waals surface area contributed by atoms with Crippen molar-refractivity contribution in [2.45, 2.75) is 26.5 Å². The highest BCUT2D eigenvalue weighted by Crippen LogP contribution is 2.03. The molecule has 2 N–H and O–H groups in total. The van der Waals surface area contributed by atoms with E-state index in [0.717, 1.165) is 38.7 Å². The first-order valence-corrected chi connectivity index (χ1v) is 9.67. The zero-order valence-corrected chi connectivity index (χ0v) is 19.5. The van der Waals surface area contributed by atoms with Crippen LogP contribution in [-0.4, -0.2) is 80.6 Å². The standard InChI is InChI=1S/C20H33N5O2.HI/c1-17(2)23-19(26)15-24-10-12-25(13-11-24)20(21-3)22-9-14-27-16-18-7-5-4-6-8-18;/h4-8,17H,9-16H2,1-3H3,(H,21,22)(H,23,26);1H. The number of piperazine rings is 1. The number of carbonyl (C=O) groups is 1. The second-order valence-corrected chi connectivity index (χ2v) is 7.00. The number of aliphatic imine (C=N–C) groups is 1. The largest absolute Gasteiger partial charge is 0.375 e. The third-order valence-corrected chi connectivity index (χ3v) is 4.34. The maximum absolute atomic E-state index is 11.9. The highest BCUT2D eigenvalue weighted by molar-refractivity contribution is 14.0. The summed E-state index contributed by atoms with van der Waals surface area (Å²) < 4.78 is 5.71. The van der Waals surface area contributed by atoms with E-state index < -0.39 is 0 Å². The SMILES string of the molecule is CN=C(NCCOCc1ccccc1)N1CCN(CC(=O)NC(C)C)CC1.I. The fourth-order valence-corrected chi connectivity index (χ4v) is 3.02. The predicted molar refractivity (Wildman–Crippen MR) is 124 cm³/mol. The molecular formula is C20H34IN5O2. The molecule has 1 aliphatic rings. The molecule has 0 aromatic heterocycles. The molecule has 0 aliphatic carbocycles. The maximum Gasteiger partial charge on any atom is 0.234 e. The van der Waals surface area contributed by atoms with Crippen LogP contribution in [0.4, 0.5) is 0 Å². The van der Waals surface area contributed by atoms with E-state index in [0.29, 0.717) is 19.8 Å². The Morgan fingerprint density at radius 1 is 1.18 bits per heavy atom. The third kappa shape index (κ3) is 9.20. The van der Waals surface area contributed by atoms with Crippen molar-refractivity contribution in [3.8, 4) is 0 Å². The topological polar surface area (TPSA) is 69.2 Å². The summed E-state index contributed by atoms with van der Waals surface area (Å²) in [4.78, 5) is 20.7. The number of ether oxygens (including phenoxy) is 1. The van der Waals surface area contributed by atoms with E-state index in [1.54, 1.807) is 7.05 Å². The molecule has 1 amide bonds. The lowest BCUT2D eigenvalue weighted by Gasteiger charge is -2.36. The van der Waals surface area contributed by atoms with Crippen LogP contribution in [0.2, 0.25) is 0 Å². The zero-order chi connectivity index (χ0) is 19.5. The van der Waals surface area contributed by atoms with Gasteiger partial charge in [0.05, 0.1) is 19.8 Å². The Bertz CT molecular complexity index is 590. The minimum Gasteiger partial charge on any atom is -0.375 e. The lowest BCUT2D eigenvalue weighted by molar-refractivity contribution is -0.123. The molecule has 2 rings (SSSR count). The molecule has 1 heterocycles. The van der Waals surface area contributed by atoms with Crippen molar-refractivity contribution >= 4 is 35.8 Å². The van der Waals surface area contributed by atoms with Crippen LogP contribution >= 0.6 is 24.0 Å². The summed E-state index contributed by atoms with van der Waals surface area (Å²) >= 11 is 0. The van der Waals surface area contributed by atoms with Gasteiger partial charge >= 0.3 is 0 Å². The van der Waals surface area contributed by atoms with Crippen LogP contribution in [0.25, 0.3) is 0 Å². The van der Waals surface area contributed by atoms with Crippen molar-refractivity contribution in [2.24, 2.45) is 4.99 Å². The van der Waals surface area contributed by atoms with Gasteiger partial charge < -0.3 is 20.3 Å². The van der Waals surface area contributed by atoms with Gasteiger partial charge in [-0.25, -0.2) is 0 Å². The van der Waals surface area contributed by atoms with E-state index in [4.69, 9.17) is 4.74 Å². The van der Waals surface area contributed by atoms with Crippen molar-refractivity contribution in [3.63, 3.8) is 0 Å². The van der Waals surface area contributed by atoms with Crippen molar-refractivity contribution in [3.05, 3.63) is 35.9 Å². The van der Waals surface area contributed by atoms with E-state index in [1.165, 1.54) is 5.56 Å². The molecule has 1 aliphatic heterocycles. The van der Waals surface area contributed by atoms with Crippen molar-refractivity contribution in [1.29, 1.82) is 0 Å². The van der Waals surface area contributed by atoms with E-state index in [9.17, 15) is 4.79 Å². The molecular weight excluding hydrogens is 469 g/mol. The number of amides is 1. The molecule has 7 nitrogen and oxygen atoms in total. The van der Waals surface area contributed by atoms with E-state index >= 15 is 0 Å². The summed E-state index contributed by atoms with van der Waals surface area (Å²) in [5, 5.41) is 6.30. The quantitative estimate of drug-likeness (QED) is 0.244. The second-order valence-electron chi connectivity index (χ2n) is 7.00.